The number of carboxylic acids is 1. The molecule has 2 unspecified atom stereocenters. The van der Waals surface area contributed by atoms with E-state index in [1.54, 1.807) is 0 Å². The molecule has 1 heterocycles. The molecule has 9 heteroatoms. The molecule has 3 rings (SSSR count). The number of hydrogen-bond donors (Lipinski definition) is 8. The van der Waals surface area contributed by atoms with Crippen molar-refractivity contribution < 1.29 is 30.3 Å². The van der Waals surface area contributed by atoms with Crippen molar-refractivity contribution in [3.8, 4) is 0 Å². The molecule has 11 atom stereocenters. The van der Waals surface area contributed by atoms with E-state index in [2.05, 4.69) is 29.7 Å². The average Bonchev–Trinajstić information content (AvgIpc) is 3.21. The molecule has 0 radical (unpaired) electrons. The van der Waals surface area contributed by atoms with E-state index < -0.39 is 29.7 Å². The molecule has 2 fully saturated rings. The lowest BCUT2D eigenvalue weighted by Crippen LogP contribution is -2.45. The Hall–Kier alpha value is -1.07. The summed E-state index contributed by atoms with van der Waals surface area (Å²) in [6.45, 7) is 6.51. The highest BCUT2D eigenvalue weighted by atomic mass is 16.4. The van der Waals surface area contributed by atoms with Gasteiger partial charge in [0.05, 0.1) is 36.0 Å². The van der Waals surface area contributed by atoms with Crippen LogP contribution in [-0.2, 0) is 4.79 Å². The lowest BCUT2D eigenvalue weighted by Gasteiger charge is -2.31. The third-order valence-electron chi connectivity index (χ3n) is 11.0. The van der Waals surface area contributed by atoms with Crippen LogP contribution in [0.25, 0.3) is 0 Å². The Morgan fingerprint density at radius 3 is 2.52 bits per heavy atom. The van der Waals surface area contributed by atoms with Crippen molar-refractivity contribution in [3.63, 3.8) is 0 Å². The number of carboxylic acid groups (broad SMARTS) is 1. The van der Waals surface area contributed by atoms with E-state index in [0.717, 1.165) is 64.5 Å². The van der Waals surface area contributed by atoms with Crippen LogP contribution in [-0.4, -0.2) is 81.2 Å². The summed E-state index contributed by atoms with van der Waals surface area (Å²) < 4.78 is 0. The van der Waals surface area contributed by atoms with Crippen molar-refractivity contribution in [1.29, 1.82) is 0 Å². The van der Waals surface area contributed by atoms with Gasteiger partial charge in [0.2, 0.25) is 0 Å². The maximum absolute atomic E-state index is 12.1. The van der Waals surface area contributed by atoms with Crippen molar-refractivity contribution in [2.24, 2.45) is 41.2 Å². The van der Waals surface area contributed by atoms with E-state index in [1.165, 1.54) is 19.3 Å². The molecule has 0 aromatic heterocycles. The van der Waals surface area contributed by atoms with E-state index >= 15 is 0 Å². The fourth-order valence-electron chi connectivity index (χ4n) is 8.31. The molecule has 1 aliphatic heterocycles. The van der Waals surface area contributed by atoms with Gasteiger partial charge in [-0.25, -0.2) is 0 Å². The molecule has 0 aromatic rings. The maximum atomic E-state index is 12.1. The molecule has 2 aliphatic carbocycles. The van der Waals surface area contributed by atoms with Gasteiger partial charge in [-0.1, -0.05) is 64.5 Å². The number of rotatable bonds is 20. The molecule has 0 aromatic carbocycles. The number of aliphatic hydroxyl groups excluding tert-OH is 3. The Bertz CT molecular complexity index is 860. The molecule has 9 nitrogen and oxygen atoms in total. The first kappa shape index (κ1) is 37.4. The number of carbonyl (C=O) groups is 1. The van der Waals surface area contributed by atoms with Crippen LogP contribution in [0.4, 0.5) is 0 Å². The molecule has 1 saturated heterocycles. The third kappa shape index (κ3) is 11.3. The van der Waals surface area contributed by atoms with Gasteiger partial charge in [-0.2, -0.15) is 0 Å². The monoisotopic (exact) mass is 623 g/mol. The summed E-state index contributed by atoms with van der Waals surface area (Å²) in [5.41, 5.74) is 4.79. The van der Waals surface area contributed by atoms with Crippen LogP contribution < -0.4 is 16.4 Å². The zero-order chi connectivity index (χ0) is 32.1. The summed E-state index contributed by atoms with van der Waals surface area (Å²) in [6.07, 6.45) is 15.1. The van der Waals surface area contributed by atoms with Gasteiger partial charge in [-0.05, 0) is 95.1 Å². The van der Waals surface area contributed by atoms with Gasteiger partial charge in [0.1, 0.15) is 0 Å². The summed E-state index contributed by atoms with van der Waals surface area (Å²) in [6, 6.07) is 0. The summed E-state index contributed by atoms with van der Waals surface area (Å²) in [7, 11) is 0. The van der Waals surface area contributed by atoms with Crippen molar-refractivity contribution in [2.45, 2.75) is 147 Å². The molecule has 0 amide bonds. The summed E-state index contributed by atoms with van der Waals surface area (Å²) >= 11 is 0. The number of hydrogen-bond acceptors (Lipinski definition) is 8. The minimum atomic E-state index is -1.34. The normalized spacial score (nSPS) is 35.5. The maximum Gasteiger partial charge on any atom is 0.309 e. The minimum absolute atomic E-state index is 0.0159. The Kier molecular flexibility index (Phi) is 16.1. The minimum Gasteiger partial charge on any atom is -0.481 e. The van der Waals surface area contributed by atoms with E-state index in [4.69, 9.17) is 5.73 Å². The van der Waals surface area contributed by atoms with Gasteiger partial charge in [-0.3, -0.25) is 4.79 Å². The van der Waals surface area contributed by atoms with Crippen LogP contribution in [0.15, 0.2) is 12.2 Å². The number of aliphatic carboxylic acids is 1. The first-order valence-electron chi connectivity index (χ1n) is 17.9. The fourth-order valence-corrected chi connectivity index (χ4v) is 8.31. The number of unbranched alkanes of at least 4 members (excludes halogenated alkanes) is 4. The first-order chi connectivity index (χ1) is 21.1. The highest BCUT2D eigenvalue weighted by molar-refractivity contribution is 5.70. The Labute approximate surface area is 266 Å². The molecule has 44 heavy (non-hydrogen) atoms. The summed E-state index contributed by atoms with van der Waals surface area (Å²) in [5.74, 6) is -0.770. The SMILES string of the molecule is CCCCC[C@H]1C=C[C@@H](CCCCC[C@H](C(=O)O)[C@H](O)CC[C@@]2(O)C[C@@H](CC3CCNC(N)C3)[C@H](CNCC)[C@H]2O)[C@H](O)C1. The topological polar surface area (TPSA) is 168 Å². The second-order valence-electron chi connectivity index (χ2n) is 14.5. The van der Waals surface area contributed by atoms with E-state index in [0.29, 0.717) is 37.6 Å². The standard InChI is InChI=1S/C35H65N3O6/c1-3-5-7-10-24-13-14-26(31(40)20-24)11-8-6-9-12-28(34(42)43)30(39)15-17-35(44)22-27(29(33(35)41)23-37-4-2)19-25-16-18-38-32(36)21-25/h13-14,24-33,37-41,44H,3-12,15-23,36H2,1-2H3,(H,42,43)/t24-,25?,26+,27+,28-,29-,30+,31+,32?,33+,35+/m0/s1. The number of piperidine rings is 1. The number of nitrogens with two attached hydrogens (primary N) is 1. The van der Waals surface area contributed by atoms with Crippen molar-refractivity contribution >= 4 is 5.97 Å². The van der Waals surface area contributed by atoms with Crippen LogP contribution in [0.2, 0.25) is 0 Å². The lowest BCUT2D eigenvalue weighted by atomic mass is 9.81. The van der Waals surface area contributed by atoms with Gasteiger partial charge < -0.3 is 41.9 Å². The lowest BCUT2D eigenvalue weighted by molar-refractivity contribution is -0.147. The van der Waals surface area contributed by atoms with Crippen LogP contribution >= 0.6 is 0 Å². The largest absolute Gasteiger partial charge is 0.481 e. The Balaban J connectivity index is 1.44. The molecule has 3 aliphatic rings. The quantitative estimate of drug-likeness (QED) is 0.0740. The molecule has 0 spiro atoms. The fraction of sp³-hybridized carbons (Fsp3) is 0.914. The predicted molar refractivity (Wildman–Crippen MR) is 175 cm³/mol. The van der Waals surface area contributed by atoms with Gasteiger partial charge in [0, 0.05) is 18.4 Å². The zero-order valence-electron chi connectivity index (χ0n) is 27.6. The summed E-state index contributed by atoms with van der Waals surface area (Å²) in [5, 5.41) is 61.0. The number of allylic oxidation sites excluding steroid dienone is 1. The van der Waals surface area contributed by atoms with E-state index in [-0.39, 0.29) is 42.9 Å². The second-order valence-corrected chi connectivity index (χ2v) is 14.5. The smallest absolute Gasteiger partial charge is 0.309 e. The highest BCUT2D eigenvalue weighted by Crippen LogP contribution is 2.46. The zero-order valence-corrected chi connectivity index (χ0v) is 27.6. The molecule has 256 valence electrons. The van der Waals surface area contributed by atoms with Gasteiger partial charge in [-0.15, -0.1) is 0 Å². The van der Waals surface area contributed by atoms with Gasteiger partial charge in [0.25, 0.3) is 0 Å². The molecular formula is C35H65N3O6. The van der Waals surface area contributed by atoms with E-state index in [1.807, 2.05) is 6.92 Å². The highest BCUT2D eigenvalue weighted by Gasteiger charge is 2.52. The van der Waals surface area contributed by atoms with Crippen molar-refractivity contribution in [2.75, 3.05) is 19.6 Å². The number of nitrogens with one attached hydrogen (secondary N) is 2. The Morgan fingerprint density at radius 1 is 1.07 bits per heavy atom. The third-order valence-corrected chi connectivity index (χ3v) is 11.0. The molecule has 1 saturated carbocycles. The van der Waals surface area contributed by atoms with E-state index in [9.17, 15) is 30.3 Å². The molecule has 9 N–H and O–H groups in total. The molecule has 0 bridgehead atoms. The summed E-state index contributed by atoms with van der Waals surface area (Å²) in [4.78, 5) is 12.1. The average molecular weight is 624 g/mol. The second kappa shape index (κ2) is 18.9. The number of aliphatic hydroxyl groups is 4. The van der Waals surface area contributed by atoms with Gasteiger partial charge >= 0.3 is 5.97 Å². The van der Waals surface area contributed by atoms with Gasteiger partial charge in [0.15, 0.2) is 0 Å². The first-order valence-corrected chi connectivity index (χ1v) is 17.9. The van der Waals surface area contributed by atoms with Crippen LogP contribution in [0.5, 0.6) is 0 Å². The Morgan fingerprint density at radius 2 is 1.84 bits per heavy atom. The van der Waals surface area contributed by atoms with Crippen molar-refractivity contribution in [3.05, 3.63) is 12.2 Å². The van der Waals surface area contributed by atoms with Crippen LogP contribution in [0.3, 0.4) is 0 Å². The molecular weight excluding hydrogens is 558 g/mol. The van der Waals surface area contributed by atoms with Crippen LogP contribution in [0.1, 0.15) is 117 Å². The van der Waals surface area contributed by atoms with Crippen LogP contribution in [0, 0.1) is 35.5 Å². The predicted octanol–water partition coefficient (Wildman–Crippen LogP) is 3.92. The van der Waals surface area contributed by atoms with Crippen molar-refractivity contribution in [1.82, 2.24) is 10.6 Å².